The van der Waals surface area contributed by atoms with E-state index in [-0.39, 0.29) is 36.0 Å². The van der Waals surface area contributed by atoms with Gasteiger partial charge in [-0.3, -0.25) is 9.59 Å². The molecule has 1 unspecified atom stereocenters. The monoisotopic (exact) mass is 373 g/mol. The molecule has 138 valence electrons. The minimum Gasteiger partial charge on any atom is -0.394 e. The summed E-state index contributed by atoms with van der Waals surface area (Å²) in [6, 6.07) is 7.10. The fourth-order valence-electron chi connectivity index (χ4n) is 4.34. The number of aliphatic hydroxyl groups is 1. The third-order valence-electron chi connectivity index (χ3n) is 5.79. The number of likely N-dealkylation sites (tertiary alicyclic amines) is 1. The van der Waals surface area contributed by atoms with E-state index >= 15 is 0 Å². The molecule has 2 N–H and O–H groups in total. The lowest BCUT2D eigenvalue weighted by molar-refractivity contribution is -0.132. The summed E-state index contributed by atoms with van der Waals surface area (Å²) in [5.41, 5.74) is 0.501. The first-order valence-corrected chi connectivity index (χ1v) is 10.2. The third kappa shape index (κ3) is 3.14. The Balaban J connectivity index is 1.58. The van der Waals surface area contributed by atoms with Crippen LogP contribution in [0, 0.1) is 5.41 Å². The molecule has 0 aliphatic carbocycles. The Morgan fingerprint density at radius 2 is 2.04 bits per heavy atom. The van der Waals surface area contributed by atoms with E-state index in [4.69, 9.17) is 0 Å². The average molecular weight is 373 g/mol. The van der Waals surface area contributed by atoms with Crippen molar-refractivity contribution < 1.29 is 9.90 Å². The van der Waals surface area contributed by atoms with Crippen LogP contribution in [0.15, 0.2) is 29.1 Å². The number of nitrogens with zero attached hydrogens (tertiary/aromatic N) is 2. The van der Waals surface area contributed by atoms with E-state index < -0.39 is 0 Å². The molecule has 4 rings (SSSR count). The summed E-state index contributed by atoms with van der Waals surface area (Å²) in [6.07, 6.45) is 3.24. The maximum Gasteiger partial charge on any atom is 0.272 e. The Hall–Kier alpha value is -1.86. The molecule has 3 heterocycles. The van der Waals surface area contributed by atoms with E-state index in [0.29, 0.717) is 16.5 Å². The summed E-state index contributed by atoms with van der Waals surface area (Å²) in [5.74, 6) is 2.24. The Bertz CT molecular complexity index is 876. The Labute approximate surface area is 156 Å². The van der Waals surface area contributed by atoms with Gasteiger partial charge in [-0.25, -0.2) is 5.10 Å². The summed E-state index contributed by atoms with van der Waals surface area (Å²) in [7, 11) is 0. The number of carbonyl (C=O) groups excluding carboxylic acids is 1. The minimum absolute atomic E-state index is 0.000429. The second kappa shape index (κ2) is 7.04. The van der Waals surface area contributed by atoms with Gasteiger partial charge in [-0.15, -0.1) is 0 Å². The molecule has 1 aromatic carbocycles. The summed E-state index contributed by atoms with van der Waals surface area (Å²) in [5, 5.41) is 17.7. The molecule has 1 atom stereocenters. The fourth-order valence-corrected chi connectivity index (χ4v) is 5.70. The number of fused-ring (bicyclic) bond motifs is 1. The second-order valence-electron chi connectivity index (χ2n) is 7.40. The maximum atomic E-state index is 13.0. The van der Waals surface area contributed by atoms with Crippen molar-refractivity contribution in [1.82, 2.24) is 15.1 Å². The zero-order valence-electron chi connectivity index (χ0n) is 14.6. The Morgan fingerprint density at radius 3 is 2.77 bits per heavy atom. The number of nitrogens with one attached hydrogen (secondary N) is 1. The number of thioether (sulfide) groups is 1. The standard InChI is InChI=1S/C19H23N3O3S/c23-11-13-10-19(5-7-26-8-6-19)12-22(13)17(24)9-16-14-3-1-2-4-15(14)18(25)21-20-16/h1-4,13,23H,5-12H2,(H,21,25). The number of amides is 1. The van der Waals surface area contributed by atoms with Crippen molar-refractivity contribution >= 4 is 28.4 Å². The predicted molar refractivity (Wildman–Crippen MR) is 102 cm³/mol. The van der Waals surface area contributed by atoms with Gasteiger partial charge in [-0.2, -0.15) is 16.9 Å². The fraction of sp³-hybridized carbons (Fsp3) is 0.526. The summed E-state index contributed by atoms with van der Waals surface area (Å²) >= 11 is 1.97. The molecule has 1 aromatic heterocycles. The zero-order valence-corrected chi connectivity index (χ0v) is 15.4. The molecule has 0 bridgehead atoms. The minimum atomic E-state index is -0.245. The van der Waals surface area contributed by atoms with Crippen molar-refractivity contribution in [1.29, 1.82) is 0 Å². The smallest absolute Gasteiger partial charge is 0.272 e. The van der Waals surface area contributed by atoms with E-state index in [1.165, 1.54) is 0 Å². The first-order chi connectivity index (χ1) is 12.6. The van der Waals surface area contributed by atoms with Crippen LogP contribution >= 0.6 is 11.8 Å². The molecule has 2 aliphatic rings. The second-order valence-corrected chi connectivity index (χ2v) is 8.62. The molecular formula is C19H23N3O3S. The van der Waals surface area contributed by atoms with Crippen molar-refractivity contribution in [3.63, 3.8) is 0 Å². The molecule has 1 spiro atoms. The Kier molecular flexibility index (Phi) is 4.75. The molecule has 2 aromatic rings. The number of H-pyrrole nitrogens is 1. The maximum absolute atomic E-state index is 13.0. The van der Waals surface area contributed by atoms with Gasteiger partial charge in [0.05, 0.1) is 30.1 Å². The van der Waals surface area contributed by atoms with Crippen molar-refractivity contribution in [2.75, 3.05) is 24.7 Å². The van der Waals surface area contributed by atoms with Crippen LogP contribution in [0.5, 0.6) is 0 Å². The van der Waals surface area contributed by atoms with E-state index in [9.17, 15) is 14.7 Å². The molecular weight excluding hydrogens is 350 g/mol. The lowest BCUT2D eigenvalue weighted by Crippen LogP contribution is -2.40. The molecule has 2 aliphatic heterocycles. The highest BCUT2D eigenvalue weighted by Crippen LogP contribution is 2.45. The van der Waals surface area contributed by atoms with Crippen molar-refractivity contribution in [3.8, 4) is 0 Å². The normalized spacial score (nSPS) is 22.2. The van der Waals surface area contributed by atoms with Gasteiger partial charge in [0.2, 0.25) is 5.91 Å². The van der Waals surface area contributed by atoms with Gasteiger partial charge in [0.25, 0.3) is 5.56 Å². The van der Waals surface area contributed by atoms with Crippen LogP contribution in [0.1, 0.15) is 25.0 Å². The van der Waals surface area contributed by atoms with Crippen LogP contribution in [0.3, 0.4) is 0 Å². The number of rotatable bonds is 3. The van der Waals surface area contributed by atoms with Crippen LogP contribution in [0.4, 0.5) is 0 Å². The van der Waals surface area contributed by atoms with E-state index in [2.05, 4.69) is 10.2 Å². The lowest BCUT2D eigenvalue weighted by Gasteiger charge is -2.32. The highest BCUT2D eigenvalue weighted by molar-refractivity contribution is 7.99. The first-order valence-electron chi connectivity index (χ1n) is 9.06. The van der Waals surface area contributed by atoms with Crippen molar-refractivity contribution in [2.24, 2.45) is 5.41 Å². The van der Waals surface area contributed by atoms with Crippen LogP contribution in [-0.2, 0) is 11.2 Å². The van der Waals surface area contributed by atoms with Gasteiger partial charge < -0.3 is 10.0 Å². The van der Waals surface area contributed by atoms with Crippen LogP contribution < -0.4 is 5.56 Å². The Morgan fingerprint density at radius 1 is 1.31 bits per heavy atom. The number of carbonyl (C=O) groups is 1. The topological polar surface area (TPSA) is 86.3 Å². The lowest BCUT2D eigenvalue weighted by atomic mass is 9.80. The van der Waals surface area contributed by atoms with E-state index in [1.54, 1.807) is 12.1 Å². The molecule has 0 saturated carbocycles. The van der Waals surface area contributed by atoms with Crippen molar-refractivity contribution in [2.45, 2.75) is 31.7 Å². The number of hydrogen-bond donors (Lipinski definition) is 2. The van der Waals surface area contributed by atoms with Gasteiger partial charge in [0, 0.05) is 11.9 Å². The van der Waals surface area contributed by atoms with Crippen molar-refractivity contribution in [3.05, 3.63) is 40.3 Å². The van der Waals surface area contributed by atoms with Gasteiger partial charge >= 0.3 is 0 Å². The van der Waals surface area contributed by atoms with Gasteiger partial charge in [0.15, 0.2) is 0 Å². The zero-order chi connectivity index (χ0) is 18.1. The average Bonchev–Trinajstić information content (AvgIpc) is 3.03. The molecule has 1 amide bonds. The highest BCUT2D eigenvalue weighted by atomic mass is 32.2. The SMILES string of the molecule is O=C(Cc1n[nH]c(=O)c2ccccc12)N1CC2(CCSCC2)CC1CO. The highest BCUT2D eigenvalue weighted by Gasteiger charge is 2.45. The third-order valence-corrected chi connectivity index (χ3v) is 6.78. The van der Waals surface area contributed by atoms with Gasteiger partial charge in [-0.1, -0.05) is 18.2 Å². The molecule has 2 fully saturated rings. The molecule has 7 heteroatoms. The quantitative estimate of drug-likeness (QED) is 0.853. The van der Waals surface area contributed by atoms with E-state index in [0.717, 1.165) is 37.3 Å². The molecule has 0 radical (unpaired) electrons. The number of aromatic amines is 1. The van der Waals surface area contributed by atoms with Crippen LogP contribution in [0.2, 0.25) is 0 Å². The van der Waals surface area contributed by atoms with Crippen LogP contribution in [0.25, 0.3) is 10.8 Å². The number of benzene rings is 1. The molecule has 6 nitrogen and oxygen atoms in total. The summed E-state index contributed by atoms with van der Waals surface area (Å²) < 4.78 is 0. The van der Waals surface area contributed by atoms with Gasteiger partial charge in [-0.05, 0) is 42.2 Å². The molecule has 2 saturated heterocycles. The number of hydrogen-bond acceptors (Lipinski definition) is 5. The van der Waals surface area contributed by atoms with Gasteiger partial charge in [0.1, 0.15) is 0 Å². The summed E-state index contributed by atoms with van der Waals surface area (Å²) in [6.45, 7) is 0.722. The summed E-state index contributed by atoms with van der Waals surface area (Å²) in [4.78, 5) is 26.8. The number of aromatic nitrogens is 2. The van der Waals surface area contributed by atoms with E-state index in [1.807, 2.05) is 28.8 Å². The first kappa shape index (κ1) is 17.5. The number of aliphatic hydroxyl groups excluding tert-OH is 1. The van der Waals surface area contributed by atoms with Crippen LogP contribution in [-0.4, -0.2) is 56.8 Å². The largest absolute Gasteiger partial charge is 0.394 e. The predicted octanol–water partition coefficient (Wildman–Crippen LogP) is 1.57. The molecule has 26 heavy (non-hydrogen) atoms.